The molecule has 0 N–H and O–H groups in total. The van der Waals surface area contributed by atoms with E-state index in [-0.39, 0.29) is 5.02 Å². The summed E-state index contributed by atoms with van der Waals surface area (Å²) in [7, 11) is 1.46. The lowest BCUT2D eigenvalue weighted by Crippen LogP contribution is -1.99. The highest BCUT2D eigenvalue weighted by Gasteiger charge is 2.19. The molecule has 0 aliphatic rings. The fraction of sp³-hybridized carbons (Fsp3) is 0.143. The molecule has 1 atom stereocenters. The predicted octanol–water partition coefficient (Wildman–Crippen LogP) is 4.96. The van der Waals surface area contributed by atoms with Crippen LogP contribution >= 0.6 is 23.2 Å². The van der Waals surface area contributed by atoms with E-state index in [0.29, 0.717) is 16.9 Å². The summed E-state index contributed by atoms with van der Waals surface area (Å²) in [5.41, 5.74) is 0.936. The van der Waals surface area contributed by atoms with E-state index >= 15 is 0 Å². The molecule has 19 heavy (non-hydrogen) atoms. The van der Waals surface area contributed by atoms with Gasteiger partial charge in [0.15, 0.2) is 0 Å². The topological polar surface area (TPSA) is 9.23 Å². The van der Waals surface area contributed by atoms with Crippen LogP contribution in [0.3, 0.4) is 0 Å². The van der Waals surface area contributed by atoms with Crippen LogP contribution in [0.2, 0.25) is 5.02 Å². The molecule has 1 nitrogen and oxygen atoms in total. The molecule has 0 saturated carbocycles. The zero-order valence-electron chi connectivity index (χ0n) is 9.96. The monoisotopic (exact) mass is 302 g/mol. The maximum atomic E-state index is 13.3. The van der Waals surface area contributed by atoms with Crippen molar-refractivity contribution >= 4 is 23.2 Å². The molecule has 0 amide bonds. The number of hydrogen-bond donors (Lipinski definition) is 0. The average Bonchev–Trinajstić information content (AvgIpc) is 2.38. The van der Waals surface area contributed by atoms with Crippen molar-refractivity contribution in [2.24, 2.45) is 0 Å². The summed E-state index contributed by atoms with van der Waals surface area (Å²) in [5, 5.41) is -0.537. The van der Waals surface area contributed by atoms with E-state index in [4.69, 9.17) is 27.9 Å². The fourth-order valence-corrected chi connectivity index (χ4v) is 2.47. The van der Waals surface area contributed by atoms with Crippen LogP contribution in [0.5, 0.6) is 5.75 Å². The smallest absolute Gasteiger partial charge is 0.124 e. The van der Waals surface area contributed by atoms with E-state index < -0.39 is 17.0 Å². The summed E-state index contributed by atoms with van der Waals surface area (Å²) in [6.45, 7) is 0. The lowest BCUT2D eigenvalue weighted by Gasteiger charge is -2.15. The van der Waals surface area contributed by atoms with Crippen LogP contribution < -0.4 is 4.74 Å². The van der Waals surface area contributed by atoms with Crippen molar-refractivity contribution in [1.29, 1.82) is 0 Å². The zero-order chi connectivity index (χ0) is 14.0. The number of ether oxygens (including phenoxy) is 1. The molecular weight excluding hydrogens is 293 g/mol. The van der Waals surface area contributed by atoms with E-state index in [0.717, 1.165) is 6.07 Å². The van der Waals surface area contributed by atoms with Crippen molar-refractivity contribution < 1.29 is 13.5 Å². The molecule has 0 bridgehead atoms. The van der Waals surface area contributed by atoms with Crippen LogP contribution in [-0.2, 0) is 0 Å². The molecule has 2 aromatic carbocycles. The summed E-state index contributed by atoms with van der Waals surface area (Å²) in [6, 6.07) is 7.92. The van der Waals surface area contributed by atoms with Gasteiger partial charge in [-0.2, -0.15) is 0 Å². The Morgan fingerprint density at radius 1 is 1.00 bits per heavy atom. The molecule has 100 valence electrons. The molecule has 0 spiro atoms. The van der Waals surface area contributed by atoms with Gasteiger partial charge in [0, 0.05) is 10.6 Å². The second-order valence-corrected chi connectivity index (χ2v) is 4.76. The van der Waals surface area contributed by atoms with Crippen molar-refractivity contribution in [3.63, 3.8) is 0 Å². The summed E-state index contributed by atoms with van der Waals surface area (Å²) in [5.74, 6) is -0.440. The Hall–Kier alpha value is -1.32. The van der Waals surface area contributed by atoms with Crippen molar-refractivity contribution in [3.05, 3.63) is 64.2 Å². The third kappa shape index (κ3) is 2.99. The predicted molar refractivity (Wildman–Crippen MR) is 72.1 cm³/mol. The molecule has 0 heterocycles. The Labute approximate surface area is 119 Å². The van der Waals surface area contributed by atoms with Gasteiger partial charge in [-0.05, 0) is 35.9 Å². The quantitative estimate of drug-likeness (QED) is 0.729. The van der Waals surface area contributed by atoms with Crippen LogP contribution in [0.4, 0.5) is 8.78 Å². The van der Waals surface area contributed by atoms with Gasteiger partial charge in [-0.3, -0.25) is 0 Å². The molecular formula is C14H10Cl2F2O. The van der Waals surface area contributed by atoms with E-state index in [1.165, 1.54) is 37.4 Å². The highest BCUT2D eigenvalue weighted by molar-refractivity contribution is 6.33. The largest absolute Gasteiger partial charge is 0.496 e. The van der Waals surface area contributed by atoms with Gasteiger partial charge in [-0.1, -0.05) is 17.7 Å². The molecule has 0 radical (unpaired) electrons. The van der Waals surface area contributed by atoms with Crippen LogP contribution in [0.25, 0.3) is 0 Å². The maximum Gasteiger partial charge on any atom is 0.124 e. The molecule has 0 aromatic heterocycles. The van der Waals surface area contributed by atoms with Crippen molar-refractivity contribution in [2.75, 3.05) is 7.11 Å². The van der Waals surface area contributed by atoms with Crippen molar-refractivity contribution in [3.8, 4) is 5.75 Å². The van der Waals surface area contributed by atoms with Crippen molar-refractivity contribution in [1.82, 2.24) is 0 Å². The summed E-state index contributed by atoms with van der Waals surface area (Å²) in [4.78, 5) is 0. The van der Waals surface area contributed by atoms with Crippen LogP contribution in [0.1, 0.15) is 16.5 Å². The fourth-order valence-electron chi connectivity index (χ4n) is 1.78. The second-order valence-electron chi connectivity index (χ2n) is 3.91. The Bertz CT molecular complexity index is 602. The van der Waals surface area contributed by atoms with Crippen LogP contribution in [0.15, 0.2) is 36.4 Å². The number of rotatable bonds is 3. The van der Waals surface area contributed by atoms with E-state index in [9.17, 15) is 8.78 Å². The summed E-state index contributed by atoms with van der Waals surface area (Å²) in [6.07, 6.45) is 0. The molecule has 1 unspecified atom stereocenters. The lowest BCUT2D eigenvalue weighted by atomic mass is 10.0. The third-order valence-electron chi connectivity index (χ3n) is 2.70. The van der Waals surface area contributed by atoms with Gasteiger partial charge in [-0.25, -0.2) is 8.78 Å². The molecule has 0 saturated heterocycles. The van der Waals surface area contributed by atoms with Gasteiger partial charge in [0.25, 0.3) is 0 Å². The van der Waals surface area contributed by atoms with Gasteiger partial charge in [0.2, 0.25) is 0 Å². The average molecular weight is 303 g/mol. The van der Waals surface area contributed by atoms with Gasteiger partial charge < -0.3 is 4.74 Å². The molecule has 5 heteroatoms. The normalized spacial score (nSPS) is 12.3. The summed E-state index contributed by atoms with van der Waals surface area (Å²) < 4.78 is 31.5. The number of benzene rings is 2. The third-order valence-corrected chi connectivity index (χ3v) is 3.50. The van der Waals surface area contributed by atoms with E-state index in [1.54, 1.807) is 0 Å². The minimum absolute atomic E-state index is 0.186. The van der Waals surface area contributed by atoms with Gasteiger partial charge in [-0.15, -0.1) is 11.6 Å². The Kier molecular flexibility index (Phi) is 4.27. The highest BCUT2D eigenvalue weighted by atomic mass is 35.5. The summed E-state index contributed by atoms with van der Waals surface area (Å²) >= 11 is 12.2. The number of halogens is 4. The molecule has 2 rings (SSSR count). The Morgan fingerprint density at radius 3 is 2.26 bits per heavy atom. The standard InChI is InChI=1S/C14H10Cl2F2O/c1-19-13-5-3-8(17)6-11(13)14(16)10-4-2-9(18)7-12(10)15/h2-7,14H,1H3. The maximum absolute atomic E-state index is 13.3. The Morgan fingerprint density at radius 2 is 1.63 bits per heavy atom. The van der Waals surface area contributed by atoms with E-state index in [2.05, 4.69) is 0 Å². The van der Waals surface area contributed by atoms with Crippen molar-refractivity contribution in [2.45, 2.75) is 5.38 Å². The first-order chi connectivity index (χ1) is 9.02. The van der Waals surface area contributed by atoms with Crippen LogP contribution in [-0.4, -0.2) is 7.11 Å². The Balaban J connectivity index is 2.49. The number of hydrogen-bond acceptors (Lipinski definition) is 1. The van der Waals surface area contributed by atoms with E-state index in [1.807, 2.05) is 0 Å². The minimum atomic E-state index is -0.723. The van der Waals surface area contributed by atoms with Gasteiger partial charge in [0.05, 0.1) is 12.5 Å². The lowest BCUT2D eigenvalue weighted by molar-refractivity contribution is 0.409. The SMILES string of the molecule is COc1ccc(F)cc1C(Cl)c1ccc(F)cc1Cl. The van der Waals surface area contributed by atoms with Gasteiger partial charge >= 0.3 is 0 Å². The number of methoxy groups -OCH3 is 1. The molecule has 0 aliphatic heterocycles. The molecule has 2 aromatic rings. The second kappa shape index (κ2) is 5.76. The minimum Gasteiger partial charge on any atom is -0.496 e. The zero-order valence-corrected chi connectivity index (χ0v) is 11.5. The number of alkyl halides is 1. The first kappa shape index (κ1) is 14.1. The first-order valence-corrected chi connectivity index (χ1v) is 6.27. The van der Waals surface area contributed by atoms with Crippen LogP contribution in [0, 0.1) is 11.6 Å². The molecule has 0 fully saturated rings. The van der Waals surface area contributed by atoms with Gasteiger partial charge in [0.1, 0.15) is 17.4 Å². The first-order valence-electron chi connectivity index (χ1n) is 5.45. The highest BCUT2D eigenvalue weighted by Crippen LogP contribution is 2.38. The molecule has 0 aliphatic carbocycles.